The lowest BCUT2D eigenvalue weighted by molar-refractivity contribution is -0.0901. The van der Waals surface area contributed by atoms with Gasteiger partial charge in [-0.3, -0.25) is 0 Å². The van der Waals surface area contributed by atoms with E-state index < -0.39 is 5.60 Å². The van der Waals surface area contributed by atoms with Gasteiger partial charge in [-0.05, 0) is 110 Å². The predicted octanol–water partition coefficient (Wildman–Crippen LogP) is 5.98. The number of ether oxygens (including phenoxy) is 2. The second-order valence-corrected chi connectivity index (χ2v) is 10.2. The number of methoxy groups -OCH3 is 2. The van der Waals surface area contributed by atoms with E-state index in [0.717, 1.165) is 30.8 Å². The van der Waals surface area contributed by atoms with Gasteiger partial charge in [0.2, 0.25) is 0 Å². The van der Waals surface area contributed by atoms with Crippen molar-refractivity contribution >= 4 is 0 Å². The first-order chi connectivity index (χ1) is 14.4. The summed E-state index contributed by atoms with van der Waals surface area (Å²) in [6.45, 7) is 4.43. The zero-order valence-corrected chi connectivity index (χ0v) is 18.7. The van der Waals surface area contributed by atoms with Crippen LogP contribution in [0.2, 0.25) is 0 Å². The standard InChI is InChI=1S/C27H34O3/c1-26-13-11-20-21(24(26)12-14-27(26,2)28)10-7-18-15-25(30-4)23(16-22(18)20)17-5-8-19(29-3)9-6-17/h5-6,8-9,15-16,20-21,24,28H,7,10-14H2,1-4H3/t20-,21+,24-,26-,27-/m0/s1. The Morgan fingerprint density at radius 1 is 0.933 bits per heavy atom. The fourth-order valence-electron chi connectivity index (χ4n) is 7.01. The van der Waals surface area contributed by atoms with Crippen LogP contribution in [0.4, 0.5) is 0 Å². The van der Waals surface area contributed by atoms with Crippen molar-refractivity contribution in [1.82, 2.24) is 0 Å². The molecule has 1 N–H and O–H groups in total. The molecule has 0 heterocycles. The van der Waals surface area contributed by atoms with E-state index >= 15 is 0 Å². The monoisotopic (exact) mass is 406 g/mol. The third-order valence-corrected chi connectivity index (χ3v) is 9.01. The van der Waals surface area contributed by atoms with E-state index in [1.165, 1.54) is 41.5 Å². The summed E-state index contributed by atoms with van der Waals surface area (Å²) in [4.78, 5) is 0. The third kappa shape index (κ3) is 2.81. The van der Waals surface area contributed by atoms with Crippen LogP contribution in [0.5, 0.6) is 11.5 Å². The largest absolute Gasteiger partial charge is 0.497 e. The third-order valence-electron chi connectivity index (χ3n) is 9.01. The van der Waals surface area contributed by atoms with Crippen LogP contribution >= 0.6 is 0 Å². The minimum atomic E-state index is -0.517. The Kier molecular flexibility index (Phi) is 4.66. The molecule has 0 aromatic heterocycles. The summed E-state index contributed by atoms with van der Waals surface area (Å²) in [5.41, 5.74) is 4.87. The Balaban J connectivity index is 1.55. The first-order valence-corrected chi connectivity index (χ1v) is 11.5. The summed E-state index contributed by atoms with van der Waals surface area (Å²) >= 11 is 0. The average molecular weight is 407 g/mol. The van der Waals surface area contributed by atoms with Gasteiger partial charge in [0.1, 0.15) is 11.5 Å². The Labute approximate surface area is 180 Å². The van der Waals surface area contributed by atoms with Gasteiger partial charge in [0.15, 0.2) is 0 Å². The Morgan fingerprint density at radius 3 is 2.40 bits per heavy atom. The molecule has 0 radical (unpaired) electrons. The van der Waals surface area contributed by atoms with Crippen LogP contribution in [0.15, 0.2) is 36.4 Å². The molecule has 2 fully saturated rings. The smallest absolute Gasteiger partial charge is 0.126 e. The molecular weight excluding hydrogens is 372 g/mol. The van der Waals surface area contributed by atoms with Crippen molar-refractivity contribution in [3.63, 3.8) is 0 Å². The van der Waals surface area contributed by atoms with Gasteiger partial charge in [-0.1, -0.05) is 19.1 Å². The van der Waals surface area contributed by atoms with Crippen molar-refractivity contribution in [3.05, 3.63) is 47.5 Å². The maximum atomic E-state index is 11.1. The van der Waals surface area contributed by atoms with Crippen molar-refractivity contribution in [2.75, 3.05) is 14.2 Å². The molecule has 3 nitrogen and oxygen atoms in total. The van der Waals surface area contributed by atoms with Gasteiger partial charge in [0.25, 0.3) is 0 Å². The fourth-order valence-corrected chi connectivity index (χ4v) is 7.01. The van der Waals surface area contributed by atoms with E-state index in [-0.39, 0.29) is 5.41 Å². The van der Waals surface area contributed by atoms with Crippen molar-refractivity contribution in [1.29, 1.82) is 0 Å². The molecule has 0 aliphatic heterocycles. The summed E-state index contributed by atoms with van der Waals surface area (Å²) in [6, 6.07) is 13.0. The van der Waals surface area contributed by atoms with Gasteiger partial charge in [-0.25, -0.2) is 0 Å². The van der Waals surface area contributed by atoms with Gasteiger partial charge >= 0.3 is 0 Å². The number of benzene rings is 2. The van der Waals surface area contributed by atoms with E-state index in [1.807, 2.05) is 12.1 Å². The Bertz CT molecular complexity index is 945. The highest BCUT2D eigenvalue weighted by Gasteiger charge is 2.59. The van der Waals surface area contributed by atoms with E-state index in [0.29, 0.717) is 17.8 Å². The second-order valence-electron chi connectivity index (χ2n) is 10.2. The molecule has 160 valence electrons. The van der Waals surface area contributed by atoms with Crippen molar-refractivity contribution in [2.24, 2.45) is 17.3 Å². The molecule has 2 aromatic carbocycles. The van der Waals surface area contributed by atoms with Gasteiger partial charge in [0, 0.05) is 5.56 Å². The lowest BCUT2D eigenvalue weighted by Gasteiger charge is -2.52. The maximum absolute atomic E-state index is 11.1. The van der Waals surface area contributed by atoms with Crippen LogP contribution in [-0.2, 0) is 6.42 Å². The minimum Gasteiger partial charge on any atom is -0.497 e. The van der Waals surface area contributed by atoms with E-state index in [2.05, 4.69) is 38.1 Å². The molecule has 30 heavy (non-hydrogen) atoms. The zero-order valence-electron chi connectivity index (χ0n) is 18.7. The SMILES string of the molecule is COc1ccc(-c2cc3c(cc2OC)CC[C@@H]2[C@@H]3CC[C@@]3(C)[C@H]2CC[C@]3(C)O)cc1. The quantitative estimate of drug-likeness (QED) is 0.682. The van der Waals surface area contributed by atoms with Crippen molar-refractivity contribution in [2.45, 2.75) is 63.9 Å². The first-order valence-electron chi connectivity index (χ1n) is 11.5. The number of hydrogen-bond donors (Lipinski definition) is 1. The van der Waals surface area contributed by atoms with Gasteiger partial charge in [-0.2, -0.15) is 0 Å². The van der Waals surface area contributed by atoms with E-state index in [4.69, 9.17) is 9.47 Å². The van der Waals surface area contributed by atoms with Crippen LogP contribution in [0, 0.1) is 17.3 Å². The molecule has 2 saturated carbocycles. The molecule has 5 atom stereocenters. The number of fused-ring (bicyclic) bond motifs is 5. The number of aliphatic hydroxyl groups is 1. The molecule has 0 amide bonds. The molecule has 0 bridgehead atoms. The molecule has 3 aliphatic carbocycles. The molecule has 0 saturated heterocycles. The maximum Gasteiger partial charge on any atom is 0.126 e. The summed E-state index contributed by atoms with van der Waals surface area (Å²) in [5, 5.41) is 11.1. The minimum absolute atomic E-state index is 0.0664. The van der Waals surface area contributed by atoms with Crippen LogP contribution in [-0.4, -0.2) is 24.9 Å². The van der Waals surface area contributed by atoms with Gasteiger partial charge < -0.3 is 14.6 Å². The fraction of sp³-hybridized carbons (Fsp3) is 0.556. The number of hydrogen-bond acceptors (Lipinski definition) is 3. The lowest BCUT2D eigenvalue weighted by Crippen LogP contribution is -2.49. The summed E-state index contributed by atoms with van der Waals surface area (Å²) in [7, 11) is 3.47. The van der Waals surface area contributed by atoms with E-state index in [9.17, 15) is 5.11 Å². The highest BCUT2D eigenvalue weighted by atomic mass is 16.5. The van der Waals surface area contributed by atoms with Gasteiger partial charge in [-0.15, -0.1) is 0 Å². The Morgan fingerprint density at radius 2 is 1.70 bits per heavy atom. The highest BCUT2D eigenvalue weighted by Crippen LogP contribution is 2.64. The van der Waals surface area contributed by atoms with Crippen molar-refractivity contribution < 1.29 is 14.6 Å². The van der Waals surface area contributed by atoms with Gasteiger partial charge in [0.05, 0.1) is 19.8 Å². The molecule has 3 heteroatoms. The van der Waals surface area contributed by atoms with Crippen LogP contribution < -0.4 is 9.47 Å². The van der Waals surface area contributed by atoms with Crippen molar-refractivity contribution in [3.8, 4) is 22.6 Å². The molecule has 2 aromatic rings. The molecular formula is C27H34O3. The van der Waals surface area contributed by atoms with Crippen LogP contribution in [0.1, 0.15) is 63.0 Å². The summed E-state index contributed by atoms with van der Waals surface area (Å²) < 4.78 is 11.1. The second kappa shape index (κ2) is 7.02. The molecule has 5 rings (SSSR count). The van der Waals surface area contributed by atoms with Crippen LogP contribution in [0.25, 0.3) is 11.1 Å². The van der Waals surface area contributed by atoms with E-state index in [1.54, 1.807) is 14.2 Å². The number of rotatable bonds is 3. The first kappa shape index (κ1) is 19.9. The zero-order chi connectivity index (χ0) is 21.1. The number of aryl methyl sites for hydroxylation is 1. The molecule has 0 unspecified atom stereocenters. The molecule has 3 aliphatic rings. The summed E-state index contributed by atoms with van der Waals surface area (Å²) in [6.07, 6.45) is 6.76. The molecule has 0 spiro atoms. The topological polar surface area (TPSA) is 38.7 Å². The lowest BCUT2D eigenvalue weighted by atomic mass is 9.53. The normalized spacial score (nSPS) is 34.6. The Hall–Kier alpha value is -2.00. The average Bonchev–Trinajstić information content (AvgIpc) is 3.01. The summed E-state index contributed by atoms with van der Waals surface area (Å²) in [5.74, 6) is 3.74. The highest BCUT2D eigenvalue weighted by molar-refractivity contribution is 5.73. The van der Waals surface area contributed by atoms with Crippen LogP contribution in [0.3, 0.4) is 0 Å². The predicted molar refractivity (Wildman–Crippen MR) is 120 cm³/mol.